The van der Waals surface area contributed by atoms with E-state index >= 15 is 0 Å². The number of aromatic nitrogens is 2. The molecule has 4 aromatic rings. The highest BCUT2D eigenvalue weighted by molar-refractivity contribution is 14.1. The normalized spacial score (nSPS) is 12.1. The summed E-state index contributed by atoms with van der Waals surface area (Å²) in [5.74, 6) is -0.527. The van der Waals surface area contributed by atoms with Crippen LogP contribution in [-0.2, 0) is 4.79 Å². The summed E-state index contributed by atoms with van der Waals surface area (Å²) in [7, 11) is 0. The van der Waals surface area contributed by atoms with Crippen LogP contribution in [0.3, 0.4) is 0 Å². The number of aliphatic carboxylic acids is 1. The Labute approximate surface area is 164 Å². The summed E-state index contributed by atoms with van der Waals surface area (Å²) >= 11 is 3.42. The standard InChI is InChI=1S/C18H11IN2O4S/c19-11-7-10(5-6-14(11)25-9-16(22)23)8-15-17(24)21-13-4-2-1-3-12(13)20-18(21)26-15/h1-8H,9H2,(H,22,23)/b15-8-. The van der Waals surface area contributed by atoms with Crippen LogP contribution in [0.25, 0.3) is 22.1 Å². The molecule has 0 unspecified atom stereocenters. The molecule has 26 heavy (non-hydrogen) atoms. The molecule has 0 aliphatic carbocycles. The Morgan fingerprint density at radius 2 is 2.12 bits per heavy atom. The van der Waals surface area contributed by atoms with Crippen LogP contribution in [0.15, 0.2) is 47.3 Å². The lowest BCUT2D eigenvalue weighted by Crippen LogP contribution is -2.22. The second-order valence-corrected chi connectivity index (χ2v) is 7.68. The number of imidazole rings is 1. The van der Waals surface area contributed by atoms with E-state index in [-0.39, 0.29) is 12.2 Å². The average Bonchev–Trinajstić information content (AvgIpc) is 3.11. The fourth-order valence-electron chi connectivity index (χ4n) is 2.63. The molecule has 0 saturated carbocycles. The van der Waals surface area contributed by atoms with Crippen molar-refractivity contribution in [2.24, 2.45) is 0 Å². The van der Waals surface area contributed by atoms with E-state index in [1.807, 2.05) is 30.3 Å². The van der Waals surface area contributed by atoms with Gasteiger partial charge in [0.15, 0.2) is 11.6 Å². The number of hydrogen-bond acceptors (Lipinski definition) is 5. The van der Waals surface area contributed by atoms with Crippen LogP contribution in [0.4, 0.5) is 0 Å². The number of hydrogen-bond donors (Lipinski definition) is 1. The summed E-state index contributed by atoms with van der Waals surface area (Å²) in [5.41, 5.74) is 2.34. The van der Waals surface area contributed by atoms with Gasteiger partial charge in [0.1, 0.15) is 5.75 Å². The number of para-hydroxylation sites is 2. The molecule has 0 fully saturated rings. The minimum atomic E-state index is -1.03. The largest absolute Gasteiger partial charge is 0.481 e. The van der Waals surface area contributed by atoms with Crippen molar-refractivity contribution >= 4 is 62.0 Å². The zero-order valence-corrected chi connectivity index (χ0v) is 16.2. The van der Waals surface area contributed by atoms with Gasteiger partial charge >= 0.3 is 5.97 Å². The van der Waals surface area contributed by atoms with Crippen molar-refractivity contribution in [3.8, 4) is 5.75 Å². The number of benzene rings is 2. The highest BCUT2D eigenvalue weighted by atomic mass is 127. The third-order valence-electron chi connectivity index (χ3n) is 3.75. The SMILES string of the molecule is O=C(O)COc1ccc(/C=c2\sc3nc4ccccc4n3c2=O)cc1I. The Kier molecular flexibility index (Phi) is 4.37. The smallest absolute Gasteiger partial charge is 0.341 e. The number of halogens is 1. The Bertz CT molecular complexity index is 1260. The molecular weight excluding hydrogens is 467 g/mol. The molecule has 0 bridgehead atoms. The van der Waals surface area contributed by atoms with Crippen LogP contribution in [0, 0.1) is 3.57 Å². The minimum absolute atomic E-state index is 0.0973. The van der Waals surface area contributed by atoms with Crippen LogP contribution in [0.2, 0.25) is 0 Å². The molecular formula is C18H11IN2O4S. The Morgan fingerprint density at radius 1 is 1.31 bits per heavy atom. The van der Waals surface area contributed by atoms with Crippen molar-refractivity contribution in [3.05, 3.63) is 66.5 Å². The maximum atomic E-state index is 12.7. The van der Waals surface area contributed by atoms with Gasteiger partial charge in [0.25, 0.3) is 5.56 Å². The van der Waals surface area contributed by atoms with Crippen LogP contribution < -0.4 is 14.8 Å². The van der Waals surface area contributed by atoms with E-state index in [2.05, 4.69) is 27.6 Å². The van der Waals surface area contributed by atoms with Crippen molar-refractivity contribution in [1.29, 1.82) is 0 Å². The number of carbonyl (C=O) groups is 1. The second kappa shape index (κ2) is 6.69. The number of carboxylic acid groups (broad SMARTS) is 1. The molecule has 1 N–H and O–H groups in total. The van der Waals surface area contributed by atoms with Crippen LogP contribution in [-0.4, -0.2) is 27.1 Å². The van der Waals surface area contributed by atoms with Crippen molar-refractivity contribution in [2.45, 2.75) is 0 Å². The minimum Gasteiger partial charge on any atom is -0.481 e. The quantitative estimate of drug-likeness (QED) is 0.456. The van der Waals surface area contributed by atoms with Gasteiger partial charge < -0.3 is 9.84 Å². The first-order valence-electron chi connectivity index (χ1n) is 7.59. The van der Waals surface area contributed by atoms with Crippen molar-refractivity contribution in [1.82, 2.24) is 9.38 Å². The second-order valence-electron chi connectivity index (χ2n) is 5.51. The fourth-order valence-corrected chi connectivity index (χ4v) is 4.31. The van der Waals surface area contributed by atoms with E-state index in [0.717, 1.165) is 20.2 Å². The highest BCUT2D eigenvalue weighted by Crippen LogP contribution is 2.22. The predicted molar refractivity (Wildman–Crippen MR) is 108 cm³/mol. The van der Waals surface area contributed by atoms with Gasteiger partial charge in [-0.1, -0.05) is 29.5 Å². The van der Waals surface area contributed by atoms with Gasteiger partial charge in [-0.3, -0.25) is 4.79 Å². The van der Waals surface area contributed by atoms with Gasteiger partial charge in [0, 0.05) is 0 Å². The molecule has 8 heteroatoms. The summed E-state index contributed by atoms with van der Waals surface area (Å²) in [6, 6.07) is 12.9. The van der Waals surface area contributed by atoms with Gasteiger partial charge in [-0.05, 0) is 58.5 Å². The maximum absolute atomic E-state index is 12.7. The highest BCUT2D eigenvalue weighted by Gasteiger charge is 2.11. The summed E-state index contributed by atoms with van der Waals surface area (Å²) in [6.07, 6.45) is 1.81. The third-order valence-corrected chi connectivity index (χ3v) is 5.56. The molecule has 0 aliphatic rings. The maximum Gasteiger partial charge on any atom is 0.341 e. The molecule has 2 aromatic heterocycles. The van der Waals surface area contributed by atoms with Crippen LogP contribution >= 0.6 is 33.9 Å². The first kappa shape index (κ1) is 17.0. The van der Waals surface area contributed by atoms with Gasteiger partial charge in [-0.2, -0.15) is 0 Å². The molecule has 2 heterocycles. The van der Waals surface area contributed by atoms with E-state index in [4.69, 9.17) is 9.84 Å². The molecule has 0 spiro atoms. The van der Waals surface area contributed by atoms with Gasteiger partial charge in [0.2, 0.25) is 0 Å². The first-order valence-corrected chi connectivity index (χ1v) is 9.48. The molecule has 0 atom stereocenters. The lowest BCUT2D eigenvalue weighted by atomic mass is 10.2. The summed E-state index contributed by atoms with van der Waals surface area (Å²) in [5, 5.41) is 8.69. The van der Waals surface area contributed by atoms with Crippen molar-refractivity contribution in [2.75, 3.05) is 6.61 Å². The fraction of sp³-hybridized carbons (Fsp3) is 0.0556. The Hall–Kier alpha value is -2.46. The molecule has 0 aliphatic heterocycles. The summed E-state index contributed by atoms with van der Waals surface area (Å²) < 4.78 is 8.21. The Balaban J connectivity index is 1.76. The first-order chi connectivity index (χ1) is 12.5. The summed E-state index contributed by atoms with van der Waals surface area (Å²) in [4.78, 5) is 28.5. The van der Waals surface area contributed by atoms with Crippen LogP contribution in [0.5, 0.6) is 5.75 Å². The average molecular weight is 478 g/mol. The van der Waals surface area contributed by atoms with Crippen LogP contribution in [0.1, 0.15) is 5.56 Å². The Morgan fingerprint density at radius 3 is 2.88 bits per heavy atom. The molecule has 0 saturated heterocycles. The number of carboxylic acids is 1. The van der Waals surface area contributed by atoms with E-state index in [1.54, 1.807) is 22.6 Å². The number of fused-ring (bicyclic) bond motifs is 3. The van der Waals surface area contributed by atoms with E-state index < -0.39 is 5.97 Å². The van der Waals surface area contributed by atoms with Gasteiger partial charge in [-0.25, -0.2) is 14.2 Å². The van der Waals surface area contributed by atoms with Gasteiger partial charge in [0.05, 0.1) is 19.1 Å². The molecule has 4 rings (SSSR count). The number of nitrogens with zero attached hydrogens (tertiary/aromatic N) is 2. The molecule has 0 amide bonds. The summed E-state index contributed by atoms with van der Waals surface area (Å²) in [6.45, 7) is -0.390. The monoisotopic (exact) mass is 478 g/mol. The number of thiazole rings is 1. The third kappa shape index (κ3) is 3.06. The lowest BCUT2D eigenvalue weighted by Gasteiger charge is -2.06. The number of rotatable bonds is 4. The zero-order chi connectivity index (χ0) is 18.3. The van der Waals surface area contributed by atoms with E-state index in [1.165, 1.54) is 11.3 Å². The van der Waals surface area contributed by atoms with Crippen molar-refractivity contribution < 1.29 is 14.6 Å². The van der Waals surface area contributed by atoms with E-state index in [0.29, 0.717) is 15.2 Å². The number of ether oxygens (including phenoxy) is 1. The molecule has 2 aromatic carbocycles. The van der Waals surface area contributed by atoms with E-state index in [9.17, 15) is 9.59 Å². The molecule has 6 nitrogen and oxygen atoms in total. The molecule has 0 radical (unpaired) electrons. The van der Waals surface area contributed by atoms with Crippen molar-refractivity contribution in [3.63, 3.8) is 0 Å². The van der Waals surface area contributed by atoms with Gasteiger partial charge in [-0.15, -0.1) is 0 Å². The molecule has 130 valence electrons. The zero-order valence-electron chi connectivity index (χ0n) is 13.2. The topological polar surface area (TPSA) is 80.9 Å². The lowest BCUT2D eigenvalue weighted by molar-refractivity contribution is -0.139. The predicted octanol–water partition coefficient (Wildman–Crippen LogP) is 2.52.